The minimum absolute atomic E-state index is 0.0490. The Labute approximate surface area is 104 Å². The van der Waals surface area contributed by atoms with Gasteiger partial charge in [-0.25, -0.2) is 9.78 Å². The molecule has 0 radical (unpaired) electrons. The lowest BCUT2D eigenvalue weighted by molar-refractivity contribution is 0.0690. The Bertz CT molecular complexity index is 552. The van der Waals surface area contributed by atoms with Crippen molar-refractivity contribution in [1.29, 1.82) is 0 Å². The molecule has 2 N–H and O–H groups in total. The van der Waals surface area contributed by atoms with Crippen LogP contribution >= 0.6 is 0 Å². The molecule has 0 saturated carbocycles. The third-order valence-electron chi connectivity index (χ3n) is 2.42. The number of hydrogen-bond donors (Lipinski definition) is 2. The topological polar surface area (TPSA) is 92.9 Å². The highest BCUT2D eigenvalue weighted by Gasteiger charge is 2.05. The van der Waals surface area contributed by atoms with Crippen molar-refractivity contribution in [3.63, 3.8) is 0 Å². The zero-order valence-corrected chi connectivity index (χ0v) is 9.87. The maximum Gasteiger partial charge on any atom is 0.354 e. The van der Waals surface area contributed by atoms with E-state index >= 15 is 0 Å². The van der Waals surface area contributed by atoms with Gasteiger partial charge in [-0.3, -0.25) is 0 Å². The lowest BCUT2D eigenvalue weighted by atomic mass is 10.3. The standard InChI is InChI=1S/C11H13N5O2/c1-16-7-13-15-10(16)6-12-5-8-3-2-4-9(14-8)11(17)18/h2-4,7,12H,5-6H2,1H3,(H,17,18). The molecule has 0 atom stereocenters. The Balaban J connectivity index is 1.92. The first kappa shape index (κ1) is 12.2. The first-order valence-corrected chi connectivity index (χ1v) is 5.39. The van der Waals surface area contributed by atoms with Crippen LogP contribution in [0.15, 0.2) is 24.5 Å². The lowest BCUT2D eigenvalue weighted by Crippen LogP contribution is -2.17. The molecule has 18 heavy (non-hydrogen) atoms. The summed E-state index contributed by atoms with van der Waals surface area (Å²) in [5.41, 5.74) is 0.727. The Morgan fingerprint density at radius 1 is 1.44 bits per heavy atom. The first-order chi connectivity index (χ1) is 8.66. The molecule has 0 spiro atoms. The number of nitrogens with zero attached hydrogens (tertiary/aromatic N) is 4. The SMILES string of the molecule is Cn1cnnc1CNCc1cccc(C(=O)O)n1. The third kappa shape index (κ3) is 2.89. The van der Waals surface area contributed by atoms with Gasteiger partial charge in [0.05, 0.1) is 12.2 Å². The van der Waals surface area contributed by atoms with E-state index in [4.69, 9.17) is 5.11 Å². The molecule has 0 amide bonds. The molecule has 2 rings (SSSR count). The van der Waals surface area contributed by atoms with Crippen molar-refractivity contribution in [2.75, 3.05) is 0 Å². The Morgan fingerprint density at radius 3 is 2.94 bits per heavy atom. The second-order valence-electron chi connectivity index (χ2n) is 3.78. The normalized spacial score (nSPS) is 10.5. The minimum Gasteiger partial charge on any atom is -0.477 e. The highest BCUT2D eigenvalue weighted by molar-refractivity contribution is 5.85. The number of nitrogens with one attached hydrogen (secondary N) is 1. The summed E-state index contributed by atoms with van der Waals surface area (Å²) in [6, 6.07) is 4.92. The number of aromatic carboxylic acids is 1. The monoisotopic (exact) mass is 247 g/mol. The van der Waals surface area contributed by atoms with E-state index in [1.165, 1.54) is 6.07 Å². The number of carboxylic acid groups (broad SMARTS) is 1. The predicted molar refractivity (Wildman–Crippen MR) is 62.7 cm³/mol. The largest absolute Gasteiger partial charge is 0.477 e. The van der Waals surface area contributed by atoms with Gasteiger partial charge in [-0.1, -0.05) is 6.07 Å². The lowest BCUT2D eigenvalue weighted by Gasteiger charge is -2.04. The molecule has 0 aliphatic carbocycles. The number of rotatable bonds is 5. The van der Waals surface area contributed by atoms with E-state index in [0.717, 1.165) is 5.82 Å². The van der Waals surface area contributed by atoms with Crippen LogP contribution in [-0.2, 0) is 20.1 Å². The van der Waals surface area contributed by atoms with E-state index < -0.39 is 5.97 Å². The number of aryl methyl sites for hydroxylation is 1. The van der Waals surface area contributed by atoms with Gasteiger partial charge in [0.15, 0.2) is 0 Å². The summed E-state index contributed by atoms with van der Waals surface area (Å²) in [7, 11) is 1.86. The van der Waals surface area contributed by atoms with Gasteiger partial charge < -0.3 is 15.0 Å². The van der Waals surface area contributed by atoms with E-state index in [9.17, 15) is 4.79 Å². The minimum atomic E-state index is -1.02. The van der Waals surface area contributed by atoms with Crippen LogP contribution in [0.1, 0.15) is 22.0 Å². The van der Waals surface area contributed by atoms with Crippen LogP contribution in [0, 0.1) is 0 Å². The van der Waals surface area contributed by atoms with Crippen molar-refractivity contribution < 1.29 is 9.90 Å². The van der Waals surface area contributed by atoms with Gasteiger partial charge in [0.25, 0.3) is 0 Å². The molecule has 94 valence electrons. The molecule has 0 saturated heterocycles. The number of carboxylic acids is 1. The molecule has 0 unspecified atom stereocenters. The molecule has 7 nitrogen and oxygen atoms in total. The Hall–Kier alpha value is -2.28. The van der Waals surface area contributed by atoms with Gasteiger partial charge in [-0.2, -0.15) is 0 Å². The van der Waals surface area contributed by atoms with Crippen LogP contribution < -0.4 is 5.32 Å². The molecular formula is C11H13N5O2. The highest BCUT2D eigenvalue weighted by atomic mass is 16.4. The summed E-state index contributed by atoms with van der Waals surface area (Å²) in [4.78, 5) is 14.8. The summed E-state index contributed by atoms with van der Waals surface area (Å²) in [5, 5.41) is 19.6. The van der Waals surface area contributed by atoms with Gasteiger partial charge in [-0.15, -0.1) is 10.2 Å². The van der Waals surface area contributed by atoms with Crippen LogP contribution in [0.3, 0.4) is 0 Å². The summed E-state index contributed by atoms with van der Waals surface area (Å²) < 4.78 is 1.81. The van der Waals surface area contributed by atoms with Gasteiger partial charge in [-0.05, 0) is 12.1 Å². The summed E-state index contributed by atoms with van der Waals surface area (Å²) in [6.45, 7) is 1.03. The molecule has 0 aliphatic rings. The predicted octanol–water partition coefficient (Wildman–Crippen LogP) is 0.198. The second-order valence-corrected chi connectivity index (χ2v) is 3.78. The summed E-state index contributed by atoms with van der Waals surface area (Å²) >= 11 is 0. The van der Waals surface area contributed by atoms with Crippen LogP contribution in [0.4, 0.5) is 0 Å². The first-order valence-electron chi connectivity index (χ1n) is 5.39. The van der Waals surface area contributed by atoms with Crippen LogP contribution in [0.5, 0.6) is 0 Å². The summed E-state index contributed by atoms with van der Waals surface area (Å²) in [6.07, 6.45) is 1.63. The van der Waals surface area contributed by atoms with Crippen molar-refractivity contribution in [3.8, 4) is 0 Å². The zero-order chi connectivity index (χ0) is 13.0. The zero-order valence-electron chi connectivity index (χ0n) is 9.87. The van der Waals surface area contributed by atoms with E-state index in [-0.39, 0.29) is 5.69 Å². The molecular weight excluding hydrogens is 234 g/mol. The number of carbonyl (C=O) groups is 1. The summed E-state index contributed by atoms with van der Waals surface area (Å²) in [5.74, 6) is -0.213. The number of pyridine rings is 1. The number of aromatic nitrogens is 4. The highest BCUT2D eigenvalue weighted by Crippen LogP contribution is 2.00. The van der Waals surface area contributed by atoms with Crippen molar-refractivity contribution in [2.45, 2.75) is 13.1 Å². The Kier molecular flexibility index (Phi) is 3.63. The molecule has 0 aromatic carbocycles. The van der Waals surface area contributed by atoms with Crippen LogP contribution in [0.2, 0.25) is 0 Å². The molecule has 2 heterocycles. The molecule has 7 heteroatoms. The molecule has 0 bridgehead atoms. The maximum absolute atomic E-state index is 10.8. The second kappa shape index (κ2) is 5.37. The van der Waals surface area contributed by atoms with Gasteiger partial charge in [0, 0.05) is 13.6 Å². The van der Waals surface area contributed by atoms with E-state index in [0.29, 0.717) is 18.8 Å². The Morgan fingerprint density at radius 2 is 2.28 bits per heavy atom. The fourth-order valence-corrected chi connectivity index (χ4v) is 1.47. The molecule has 2 aromatic heterocycles. The average Bonchev–Trinajstić information content (AvgIpc) is 2.76. The quantitative estimate of drug-likeness (QED) is 0.784. The number of hydrogen-bond acceptors (Lipinski definition) is 5. The third-order valence-corrected chi connectivity index (χ3v) is 2.42. The van der Waals surface area contributed by atoms with Crippen LogP contribution in [-0.4, -0.2) is 30.8 Å². The molecule has 0 aliphatic heterocycles. The van der Waals surface area contributed by atoms with E-state index in [2.05, 4.69) is 20.5 Å². The fourth-order valence-electron chi connectivity index (χ4n) is 1.47. The van der Waals surface area contributed by atoms with Gasteiger partial charge >= 0.3 is 5.97 Å². The van der Waals surface area contributed by atoms with Crippen molar-refractivity contribution >= 4 is 5.97 Å². The van der Waals surface area contributed by atoms with Gasteiger partial charge in [0.1, 0.15) is 17.8 Å². The molecule has 2 aromatic rings. The van der Waals surface area contributed by atoms with Crippen LogP contribution in [0.25, 0.3) is 0 Å². The van der Waals surface area contributed by atoms with Crippen molar-refractivity contribution in [1.82, 2.24) is 25.1 Å². The maximum atomic E-state index is 10.8. The average molecular weight is 247 g/mol. The smallest absolute Gasteiger partial charge is 0.354 e. The van der Waals surface area contributed by atoms with Crippen molar-refractivity contribution in [3.05, 3.63) is 41.7 Å². The van der Waals surface area contributed by atoms with Gasteiger partial charge in [0.2, 0.25) is 0 Å². The van der Waals surface area contributed by atoms with E-state index in [1.54, 1.807) is 18.5 Å². The molecule has 0 fully saturated rings. The fraction of sp³-hybridized carbons (Fsp3) is 0.273. The van der Waals surface area contributed by atoms with E-state index in [1.807, 2.05) is 11.6 Å². The van der Waals surface area contributed by atoms with Crippen molar-refractivity contribution in [2.24, 2.45) is 7.05 Å².